The van der Waals surface area contributed by atoms with E-state index in [2.05, 4.69) is 41.3 Å². The number of rotatable bonds is 5. The first-order valence-electron chi connectivity index (χ1n) is 9.92. The number of halogens is 4. The summed E-state index contributed by atoms with van der Waals surface area (Å²) in [4.78, 5) is 42.5. The average molecular weight is 537 g/mol. The zero-order valence-electron chi connectivity index (χ0n) is 17.3. The van der Waals surface area contributed by atoms with Crippen molar-refractivity contribution in [3.8, 4) is 22.5 Å². The fourth-order valence-corrected chi connectivity index (χ4v) is 3.99. The molecule has 2 amide bonds. The summed E-state index contributed by atoms with van der Waals surface area (Å²) in [7, 11) is 0. The Morgan fingerprint density at radius 1 is 1.18 bits per heavy atom. The summed E-state index contributed by atoms with van der Waals surface area (Å²) in [5, 5.41) is 5.20. The maximum atomic E-state index is 12.2. The van der Waals surface area contributed by atoms with Crippen molar-refractivity contribution in [3.63, 3.8) is 0 Å². The number of pyridine rings is 1. The van der Waals surface area contributed by atoms with Crippen molar-refractivity contribution in [2.45, 2.75) is 12.6 Å². The highest BCUT2D eigenvalue weighted by atomic mass is 79.9. The lowest BCUT2D eigenvalue weighted by molar-refractivity contribution is -0.199. The van der Waals surface area contributed by atoms with E-state index in [0.717, 1.165) is 17.0 Å². The molecule has 0 saturated carbocycles. The van der Waals surface area contributed by atoms with Gasteiger partial charge in [-0.15, -0.1) is 0 Å². The van der Waals surface area contributed by atoms with Crippen LogP contribution in [0.1, 0.15) is 16.1 Å². The molecular formula is C22H16BrF3N4O4. The number of fused-ring (bicyclic) bond motifs is 1. The van der Waals surface area contributed by atoms with Crippen LogP contribution in [-0.4, -0.2) is 47.1 Å². The summed E-state index contributed by atoms with van der Waals surface area (Å²) in [6.45, 7) is -0.526. The van der Waals surface area contributed by atoms with E-state index in [4.69, 9.17) is 0 Å². The molecule has 3 heterocycles. The number of carbonyl (C=O) groups is 3. The Morgan fingerprint density at radius 3 is 2.71 bits per heavy atom. The number of H-pyrrole nitrogens is 1. The van der Waals surface area contributed by atoms with Crippen LogP contribution in [0.4, 0.5) is 18.9 Å². The van der Waals surface area contributed by atoms with Crippen LogP contribution in [0.3, 0.4) is 0 Å². The topological polar surface area (TPSA) is 113 Å². The van der Waals surface area contributed by atoms with Gasteiger partial charge < -0.3 is 20.4 Å². The monoisotopic (exact) mass is 536 g/mol. The first-order valence-corrected chi connectivity index (χ1v) is 10.7. The van der Waals surface area contributed by atoms with Crippen LogP contribution in [0.2, 0.25) is 0 Å². The minimum Gasteiger partial charge on any atom is -0.449 e. The largest absolute Gasteiger partial charge is 0.490 e. The molecule has 0 radical (unpaired) electrons. The first-order chi connectivity index (χ1) is 16.1. The predicted octanol–water partition coefficient (Wildman–Crippen LogP) is 3.84. The molecule has 12 heteroatoms. The average Bonchev–Trinajstić information content (AvgIpc) is 3.24. The van der Waals surface area contributed by atoms with E-state index >= 15 is 0 Å². The number of aromatic nitrogens is 2. The standard InChI is InChI=1S/C22H16BrF3N4O4/c23-19-12(2-1-3-15(19)30-18(31)10-34-21(33)22(24,25)26)17-8-11(4-6-27-17)16-9-13-14(29-16)5-7-28-20(13)32/h1-4,6,8-9,29H,5,7,10H2,(H,28,32)(H,30,31). The Kier molecular flexibility index (Phi) is 6.42. The van der Waals surface area contributed by atoms with Gasteiger partial charge in [0.15, 0.2) is 6.61 Å². The van der Waals surface area contributed by atoms with E-state index in [1.165, 1.54) is 6.07 Å². The SMILES string of the molecule is O=C(COC(=O)C(F)(F)F)Nc1cccc(-c2cc(-c3cc4c([nH]3)CCNC4=O)ccn2)c1Br. The molecule has 0 fully saturated rings. The number of ether oxygens (including phenoxy) is 1. The lowest BCUT2D eigenvalue weighted by Gasteiger charge is -2.12. The van der Waals surface area contributed by atoms with Gasteiger partial charge in [0.25, 0.3) is 11.8 Å². The zero-order valence-corrected chi connectivity index (χ0v) is 18.8. The van der Waals surface area contributed by atoms with Gasteiger partial charge in [-0.2, -0.15) is 13.2 Å². The van der Waals surface area contributed by atoms with Crippen LogP contribution in [0.25, 0.3) is 22.5 Å². The van der Waals surface area contributed by atoms with Crippen LogP contribution in [0.15, 0.2) is 47.1 Å². The lowest BCUT2D eigenvalue weighted by atomic mass is 10.1. The van der Waals surface area contributed by atoms with Crippen molar-refractivity contribution in [1.82, 2.24) is 15.3 Å². The Labute approximate surface area is 199 Å². The number of benzene rings is 1. The molecule has 34 heavy (non-hydrogen) atoms. The quantitative estimate of drug-likeness (QED) is 0.429. The van der Waals surface area contributed by atoms with Crippen LogP contribution in [0, 0.1) is 0 Å². The number of anilines is 1. The number of amides is 2. The van der Waals surface area contributed by atoms with Gasteiger partial charge in [-0.05, 0) is 40.2 Å². The maximum absolute atomic E-state index is 12.2. The van der Waals surface area contributed by atoms with E-state index in [9.17, 15) is 27.6 Å². The highest BCUT2D eigenvalue weighted by molar-refractivity contribution is 9.10. The number of hydrogen-bond acceptors (Lipinski definition) is 5. The van der Waals surface area contributed by atoms with E-state index in [-0.39, 0.29) is 11.6 Å². The molecule has 4 rings (SSSR count). The Hall–Kier alpha value is -3.67. The van der Waals surface area contributed by atoms with Crippen molar-refractivity contribution in [1.29, 1.82) is 0 Å². The van der Waals surface area contributed by atoms with E-state index in [0.29, 0.717) is 34.3 Å². The van der Waals surface area contributed by atoms with E-state index in [1.807, 2.05) is 0 Å². The van der Waals surface area contributed by atoms with Crippen LogP contribution >= 0.6 is 15.9 Å². The molecule has 0 bridgehead atoms. The molecule has 0 atom stereocenters. The van der Waals surface area contributed by atoms with Gasteiger partial charge in [0.05, 0.1) is 21.4 Å². The molecule has 1 aliphatic rings. The minimum absolute atomic E-state index is 0.134. The van der Waals surface area contributed by atoms with Crippen LogP contribution in [0.5, 0.6) is 0 Å². The first kappa shape index (κ1) is 23.5. The van der Waals surface area contributed by atoms with Crippen molar-refractivity contribution in [3.05, 3.63) is 58.3 Å². The number of alkyl halides is 3. The van der Waals surface area contributed by atoms with Gasteiger partial charge in [-0.1, -0.05) is 12.1 Å². The second kappa shape index (κ2) is 9.29. The Morgan fingerprint density at radius 2 is 1.97 bits per heavy atom. The predicted molar refractivity (Wildman–Crippen MR) is 119 cm³/mol. The maximum Gasteiger partial charge on any atom is 0.490 e. The second-order valence-electron chi connectivity index (χ2n) is 7.30. The smallest absolute Gasteiger partial charge is 0.449 e. The summed E-state index contributed by atoms with van der Waals surface area (Å²) in [6, 6.07) is 10.3. The fraction of sp³-hybridized carbons (Fsp3) is 0.182. The van der Waals surface area contributed by atoms with Gasteiger partial charge in [0, 0.05) is 41.7 Å². The summed E-state index contributed by atoms with van der Waals surface area (Å²) in [5.41, 5.74) is 4.38. The van der Waals surface area contributed by atoms with E-state index < -0.39 is 24.7 Å². The minimum atomic E-state index is -5.18. The van der Waals surface area contributed by atoms with Gasteiger partial charge in [-0.25, -0.2) is 4.79 Å². The van der Waals surface area contributed by atoms with Crippen molar-refractivity contribution < 1.29 is 32.3 Å². The normalized spacial score (nSPS) is 13.1. The fourth-order valence-electron chi connectivity index (χ4n) is 3.42. The zero-order chi connectivity index (χ0) is 24.5. The summed E-state index contributed by atoms with van der Waals surface area (Å²) in [5.74, 6) is -3.52. The van der Waals surface area contributed by atoms with Gasteiger partial charge in [-0.3, -0.25) is 14.6 Å². The number of aromatic amines is 1. The molecule has 1 aromatic carbocycles. The van der Waals surface area contributed by atoms with Gasteiger partial charge in [0.1, 0.15) is 0 Å². The molecule has 3 N–H and O–H groups in total. The van der Waals surface area contributed by atoms with Crippen molar-refractivity contribution in [2.24, 2.45) is 0 Å². The molecule has 3 aromatic rings. The molecular weight excluding hydrogens is 521 g/mol. The number of carbonyl (C=O) groups excluding carboxylic acids is 3. The molecule has 0 unspecified atom stereocenters. The highest BCUT2D eigenvalue weighted by Crippen LogP contribution is 2.35. The van der Waals surface area contributed by atoms with E-state index in [1.54, 1.807) is 36.5 Å². The number of nitrogens with zero attached hydrogens (tertiary/aromatic N) is 1. The lowest BCUT2D eigenvalue weighted by Crippen LogP contribution is -2.31. The summed E-state index contributed by atoms with van der Waals surface area (Å²) < 4.78 is 41.1. The summed E-state index contributed by atoms with van der Waals surface area (Å²) >= 11 is 3.39. The third-order valence-corrected chi connectivity index (χ3v) is 5.84. The van der Waals surface area contributed by atoms with Crippen LogP contribution in [-0.2, 0) is 20.7 Å². The summed E-state index contributed by atoms with van der Waals surface area (Å²) in [6.07, 6.45) is -2.89. The Bertz CT molecular complexity index is 1290. The number of nitrogens with one attached hydrogen (secondary N) is 3. The molecule has 2 aromatic heterocycles. The molecule has 0 saturated heterocycles. The molecule has 176 valence electrons. The Balaban J connectivity index is 1.55. The van der Waals surface area contributed by atoms with Crippen molar-refractivity contribution >= 4 is 39.4 Å². The number of esters is 1. The molecule has 0 spiro atoms. The second-order valence-corrected chi connectivity index (χ2v) is 8.09. The molecule has 0 aliphatic carbocycles. The highest BCUT2D eigenvalue weighted by Gasteiger charge is 2.41. The van der Waals surface area contributed by atoms with Gasteiger partial charge >= 0.3 is 12.1 Å². The third-order valence-electron chi connectivity index (χ3n) is 4.99. The van der Waals surface area contributed by atoms with Crippen molar-refractivity contribution in [2.75, 3.05) is 18.5 Å². The van der Waals surface area contributed by atoms with Gasteiger partial charge in [0.2, 0.25) is 0 Å². The molecule has 8 nitrogen and oxygen atoms in total. The van der Waals surface area contributed by atoms with Crippen LogP contribution < -0.4 is 10.6 Å². The number of hydrogen-bond donors (Lipinski definition) is 3. The molecule has 1 aliphatic heterocycles. The third kappa shape index (κ3) is 4.96.